The van der Waals surface area contributed by atoms with Crippen molar-refractivity contribution in [2.75, 3.05) is 0 Å². The van der Waals surface area contributed by atoms with Gasteiger partial charge in [-0.3, -0.25) is 0 Å². The van der Waals surface area contributed by atoms with Crippen molar-refractivity contribution in [2.45, 2.75) is 0 Å². The highest BCUT2D eigenvalue weighted by molar-refractivity contribution is 6.25. The quantitative estimate of drug-likeness (QED) is 0.138. The fraction of sp³-hybridized carbons (Fsp3) is 0. The molecular formula is C124H80N6. The van der Waals surface area contributed by atoms with E-state index >= 15 is 0 Å². The average molecular weight is 1650 g/mol. The van der Waals surface area contributed by atoms with Gasteiger partial charge >= 0.3 is 0 Å². The van der Waals surface area contributed by atoms with E-state index in [1.807, 2.05) is 0 Å². The van der Waals surface area contributed by atoms with Crippen LogP contribution in [0.5, 0.6) is 0 Å². The van der Waals surface area contributed by atoms with Gasteiger partial charge in [-0.25, -0.2) is 0 Å². The monoisotopic (exact) mass is 1650 g/mol. The maximum Gasteiger partial charge on any atom is 0.0619 e. The Hall–Kier alpha value is -17.3. The third-order valence-electron chi connectivity index (χ3n) is 27.0. The standard InChI is InChI=1S/C44H28N2.2C40H26N2/c1-3-13-33(14-4-1)45-39-23-21-31(27-37(39)43-35-17-9-7-11-29(35)19-25-41(43)45)32-22-24-40-38(28-32)44-36-18-10-8-12-30(36)20-26-42(44)46(40)34-15-5-2-6-16-34;1-3-13-31(14-4-1)41-37-18-10-9-17-33(37)34-24-29(19-21-38(34)41)30-20-22-39-35(25-30)36-23-27-11-7-8-12-28(27)26-40(36)42(39)32-15-5-2-6-16-32;1-3-12-30(13-4-1)41-37-18-10-9-17-33(37)35-25-28(20-23-38(35)41)29-21-24-39-36(26-29)34-22-19-27-11-7-8-16-32(27)40(34)42(39)31-14-5-2-6-15-31/h1-28H;2*1-26H. The predicted molar refractivity (Wildman–Crippen MR) is 552 cm³/mol. The number of fused-ring (bicyclic) bond motifs is 25. The molecule has 0 N–H and O–H groups in total. The molecule has 0 radical (unpaired) electrons. The molecule has 6 heteroatoms. The molecule has 606 valence electrons. The number of aromatic nitrogens is 6. The molecule has 6 aromatic heterocycles. The zero-order chi connectivity index (χ0) is 85.4. The topological polar surface area (TPSA) is 29.6 Å². The van der Waals surface area contributed by atoms with E-state index in [0.717, 1.165) is 0 Å². The van der Waals surface area contributed by atoms with Gasteiger partial charge in [0.25, 0.3) is 0 Å². The normalized spacial score (nSPS) is 11.8. The first-order valence-corrected chi connectivity index (χ1v) is 44.8. The van der Waals surface area contributed by atoms with Crippen LogP contribution in [0.2, 0.25) is 0 Å². The summed E-state index contributed by atoms with van der Waals surface area (Å²) in [4.78, 5) is 0. The molecular weight excluding hydrogens is 1570 g/mol. The van der Waals surface area contributed by atoms with Crippen LogP contribution >= 0.6 is 0 Å². The van der Waals surface area contributed by atoms with E-state index in [4.69, 9.17) is 0 Å². The van der Waals surface area contributed by atoms with Crippen molar-refractivity contribution in [3.8, 4) is 67.5 Å². The highest BCUT2D eigenvalue weighted by Crippen LogP contribution is 2.47. The second-order valence-electron chi connectivity index (χ2n) is 34.2. The summed E-state index contributed by atoms with van der Waals surface area (Å²) in [7, 11) is 0. The van der Waals surface area contributed by atoms with E-state index in [1.165, 1.54) is 241 Å². The predicted octanol–water partition coefficient (Wildman–Crippen LogP) is 33.3. The fourth-order valence-electron chi connectivity index (χ4n) is 21.2. The first-order chi connectivity index (χ1) is 64.5. The van der Waals surface area contributed by atoms with Crippen LogP contribution in [0.25, 0.3) is 241 Å². The van der Waals surface area contributed by atoms with E-state index in [9.17, 15) is 0 Å². The molecule has 0 aliphatic rings. The van der Waals surface area contributed by atoms with Crippen LogP contribution in [-0.2, 0) is 0 Å². The maximum atomic E-state index is 2.42. The molecule has 0 atom stereocenters. The second kappa shape index (κ2) is 30.2. The number of hydrogen-bond acceptors (Lipinski definition) is 0. The van der Waals surface area contributed by atoms with Crippen LogP contribution in [0, 0.1) is 0 Å². The van der Waals surface area contributed by atoms with Crippen molar-refractivity contribution in [3.63, 3.8) is 0 Å². The van der Waals surface area contributed by atoms with E-state index in [2.05, 4.69) is 513 Å². The number of hydrogen-bond donors (Lipinski definition) is 0. The summed E-state index contributed by atoms with van der Waals surface area (Å²) in [5, 5.41) is 25.4. The van der Waals surface area contributed by atoms with Gasteiger partial charge in [0, 0.05) is 104 Å². The van der Waals surface area contributed by atoms with Gasteiger partial charge in [0.05, 0.1) is 66.2 Å². The molecule has 28 rings (SSSR count). The van der Waals surface area contributed by atoms with Gasteiger partial charge in [0.2, 0.25) is 0 Å². The minimum absolute atomic E-state index is 1.17. The summed E-state index contributed by atoms with van der Waals surface area (Å²) in [6.07, 6.45) is 0. The van der Waals surface area contributed by atoms with E-state index in [0.29, 0.717) is 0 Å². The Labute approximate surface area is 748 Å². The fourth-order valence-corrected chi connectivity index (χ4v) is 21.2. The highest BCUT2D eigenvalue weighted by Gasteiger charge is 2.24. The van der Waals surface area contributed by atoms with Gasteiger partial charge in [-0.2, -0.15) is 0 Å². The van der Waals surface area contributed by atoms with Crippen LogP contribution in [0.1, 0.15) is 0 Å². The van der Waals surface area contributed by atoms with Gasteiger partial charge in [-0.05, 0) is 253 Å². The average Bonchev–Trinajstić information content (AvgIpc) is 1.57. The molecule has 0 aliphatic heterocycles. The lowest BCUT2D eigenvalue weighted by atomic mass is 9.98. The number of nitrogens with zero attached hydrogens (tertiary/aromatic N) is 6. The zero-order valence-corrected chi connectivity index (χ0v) is 70.9. The summed E-state index contributed by atoms with van der Waals surface area (Å²) in [6, 6.07) is 176. The molecule has 28 aromatic rings. The van der Waals surface area contributed by atoms with Crippen molar-refractivity contribution < 1.29 is 0 Å². The Kier molecular flexibility index (Phi) is 17.2. The largest absolute Gasteiger partial charge is 0.309 e. The molecule has 22 aromatic carbocycles. The van der Waals surface area contributed by atoms with Crippen LogP contribution in [-0.4, -0.2) is 27.4 Å². The summed E-state index contributed by atoms with van der Waals surface area (Å²) in [5.74, 6) is 0. The molecule has 0 spiro atoms. The van der Waals surface area contributed by atoms with Crippen molar-refractivity contribution in [3.05, 3.63) is 485 Å². The van der Waals surface area contributed by atoms with Crippen LogP contribution in [0.4, 0.5) is 0 Å². The Morgan fingerprint density at radius 3 is 0.723 bits per heavy atom. The van der Waals surface area contributed by atoms with Crippen LogP contribution < -0.4 is 0 Å². The summed E-state index contributed by atoms with van der Waals surface area (Å²) >= 11 is 0. The lowest BCUT2D eigenvalue weighted by molar-refractivity contribution is 1.18. The van der Waals surface area contributed by atoms with E-state index in [-0.39, 0.29) is 0 Å². The maximum absolute atomic E-state index is 2.42. The third-order valence-corrected chi connectivity index (χ3v) is 27.0. The minimum Gasteiger partial charge on any atom is -0.309 e. The number of rotatable bonds is 9. The van der Waals surface area contributed by atoms with Crippen molar-refractivity contribution in [1.29, 1.82) is 0 Å². The van der Waals surface area contributed by atoms with Crippen molar-refractivity contribution in [2.24, 2.45) is 0 Å². The lowest BCUT2D eigenvalue weighted by Gasteiger charge is -2.10. The first kappa shape index (κ1) is 74.1. The van der Waals surface area contributed by atoms with Crippen LogP contribution in [0.15, 0.2) is 485 Å². The second-order valence-corrected chi connectivity index (χ2v) is 34.2. The highest BCUT2D eigenvalue weighted by atomic mass is 15.0. The van der Waals surface area contributed by atoms with Gasteiger partial charge in [-0.1, -0.05) is 303 Å². The molecule has 0 fully saturated rings. The molecule has 0 aliphatic carbocycles. The summed E-state index contributed by atoms with van der Waals surface area (Å²) < 4.78 is 14.4. The molecule has 6 nitrogen and oxygen atoms in total. The smallest absolute Gasteiger partial charge is 0.0619 e. The summed E-state index contributed by atoms with van der Waals surface area (Å²) in [5.41, 5.74) is 29.1. The van der Waals surface area contributed by atoms with Crippen molar-refractivity contribution >= 4 is 174 Å². The molecule has 6 heterocycles. The molecule has 0 saturated carbocycles. The first-order valence-electron chi connectivity index (χ1n) is 44.8. The molecule has 0 saturated heterocycles. The Morgan fingerprint density at radius 1 is 0.108 bits per heavy atom. The zero-order valence-electron chi connectivity index (χ0n) is 70.9. The number of benzene rings is 22. The molecule has 0 bridgehead atoms. The third kappa shape index (κ3) is 12.0. The molecule has 130 heavy (non-hydrogen) atoms. The van der Waals surface area contributed by atoms with E-state index in [1.54, 1.807) is 0 Å². The Balaban J connectivity index is 0.000000103. The minimum atomic E-state index is 1.17. The molecule has 0 amide bonds. The Morgan fingerprint density at radius 2 is 0.338 bits per heavy atom. The van der Waals surface area contributed by atoms with Crippen molar-refractivity contribution in [1.82, 2.24) is 27.4 Å². The molecule has 0 unspecified atom stereocenters. The van der Waals surface area contributed by atoms with Gasteiger partial charge in [-0.15, -0.1) is 0 Å². The Bertz CT molecular complexity index is 9030. The summed E-state index contributed by atoms with van der Waals surface area (Å²) in [6.45, 7) is 0. The van der Waals surface area contributed by atoms with Gasteiger partial charge < -0.3 is 27.4 Å². The van der Waals surface area contributed by atoms with E-state index < -0.39 is 0 Å². The SMILES string of the molecule is c1ccc(-n2c3ccc(-c4ccc5c(c4)c4c6ccccc6ccc4n5-c4ccccc4)cc3c3c4ccccc4ccc32)cc1.c1ccc(-n2c3ccccc3c3cc(-c4ccc5c(c4)c4cc6ccccc6cc4n5-c4ccccc4)ccc32)cc1.c1ccc(-n2c3ccccc3c3cc(-c4ccc5c(c4)c4ccc6ccccc6c4n5-c4ccccc4)ccc32)cc1. The number of para-hydroxylation sites is 8. The van der Waals surface area contributed by atoms with Crippen LogP contribution in [0.3, 0.4) is 0 Å². The van der Waals surface area contributed by atoms with Gasteiger partial charge in [0.1, 0.15) is 0 Å². The lowest BCUT2D eigenvalue weighted by Crippen LogP contribution is -1.94. The van der Waals surface area contributed by atoms with Gasteiger partial charge in [0.15, 0.2) is 0 Å².